The highest BCUT2D eigenvalue weighted by Gasteiger charge is 2.21. The second kappa shape index (κ2) is 5.55. The molecule has 1 aromatic heterocycles. The Hall–Kier alpha value is -1.37. The summed E-state index contributed by atoms with van der Waals surface area (Å²) in [4.78, 5) is 12.8. The maximum absolute atomic E-state index is 12.0. The second-order valence-electron chi connectivity index (χ2n) is 4.40. The maximum atomic E-state index is 12.0. The van der Waals surface area contributed by atoms with E-state index in [0.29, 0.717) is 30.0 Å². The minimum atomic E-state index is -0.759. The molecule has 3 rings (SSSR count). The second-order valence-corrected chi connectivity index (χ2v) is 6.20. The summed E-state index contributed by atoms with van der Waals surface area (Å²) in [6, 6.07) is 7.10. The number of carbonyl (C=O) groups excluding carboxylic acids is 1. The van der Waals surface area contributed by atoms with E-state index in [1.165, 1.54) is 11.3 Å². The van der Waals surface area contributed by atoms with Gasteiger partial charge in [0.1, 0.15) is 18.5 Å². The number of amides is 1. The summed E-state index contributed by atoms with van der Waals surface area (Å²) in [6.07, 6.45) is -0.759. The minimum Gasteiger partial charge on any atom is -0.491 e. The molecule has 0 saturated carbocycles. The van der Waals surface area contributed by atoms with Gasteiger partial charge in [-0.25, -0.2) is 0 Å². The van der Waals surface area contributed by atoms with Gasteiger partial charge in [-0.05, 0) is 45.1 Å². The number of aliphatic hydroxyl groups is 1. The van der Waals surface area contributed by atoms with Crippen molar-refractivity contribution in [2.45, 2.75) is 6.10 Å². The van der Waals surface area contributed by atoms with E-state index in [0.717, 1.165) is 9.35 Å². The minimum absolute atomic E-state index is 0.170. The topological polar surface area (TPSA) is 58.6 Å². The Morgan fingerprint density at radius 1 is 1.40 bits per heavy atom. The van der Waals surface area contributed by atoms with Crippen molar-refractivity contribution in [3.63, 3.8) is 0 Å². The molecule has 0 spiro atoms. The van der Waals surface area contributed by atoms with Crippen LogP contribution < -0.4 is 10.1 Å². The lowest BCUT2D eigenvalue weighted by molar-refractivity contribution is 0.0957. The number of benzene rings is 1. The molecule has 1 unspecified atom stereocenters. The molecule has 0 bridgehead atoms. The number of nitrogens with one attached hydrogen (secondary N) is 1. The van der Waals surface area contributed by atoms with E-state index < -0.39 is 6.10 Å². The standard InChI is InChI=1S/C14H12BrNO3S/c15-10-3-6-20-13(10)12(17)8-1-2-11-9(7-8)14(18)16-4-5-19-11/h1-3,6-7,12,17H,4-5H2,(H,16,18). The van der Waals surface area contributed by atoms with E-state index in [1.54, 1.807) is 18.2 Å². The maximum Gasteiger partial charge on any atom is 0.255 e. The molecule has 2 N–H and O–H groups in total. The van der Waals surface area contributed by atoms with Gasteiger partial charge in [0.25, 0.3) is 5.91 Å². The summed E-state index contributed by atoms with van der Waals surface area (Å²) >= 11 is 4.88. The Bertz CT molecular complexity index is 656. The van der Waals surface area contributed by atoms with Gasteiger partial charge in [0.2, 0.25) is 0 Å². The molecular formula is C14H12BrNO3S. The van der Waals surface area contributed by atoms with Gasteiger partial charge >= 0.3 is 0 Å². The van der Waals surface area contributed by atoms with E-state index in [-0.39, 0.29) is 5.91 Å². The van der Waals surface area contributed by atoms with Crippen molar-refractivity contribution in [2.75, 3.05) is 13.2 Å². The van der Waals surface area contributed by atoms with Crippen LogP contribution in [0, 0.1) is 0 Å². The number of hydrogen-bond acceptors (Lipinski definition) is 4. The van der Waals surface area contributed by atoms with Gasteiger partial charge in [0.15, 0.2) is 0 Å². The van der Waals surface area contributed by atoms with E-state index in [1.807, 2.05) is 11.4 Å². The van der Waals surface area contributed by atoms with Gasteiger partial charge in [-0.1, -0.05) is 6.07 Å². The van der Waals surface area contributed by atoms with Crippen molar-refractivity contribution in [1.82, 2.24) is 5.32 Å². The van der Waals surface area contributed by atoms with E-state index >= 15 is 0 Å². The van der Waals surface area contributed by atoms with Crippen LogP contribution in [0.3, 0.4) is 0 Å². The molecule has 0 radical (unpaired) electrons. The first-order chi connectivity index (χ1) is 9.66. The zero-order chi connectivity index (χ0) is 14.1. The van der Waals surface area contributed by atoms with Crippen LogP contribution in [0.25, 0.3) is 0 Å². The smallest absolute Gasteiger partial charge is 0.255 e. The third kappa shape index (κ3) is 2.46. The van der Waals surface area contributed by atoms with E-state index in [9.17, 15) is 9.90 Å². The summed E-state index contributed by atoms with van der Waals surface area (Å²) in [7, 11) is 0. The van der Waals surface area contributed by atoms with Gasteiger partial charge in [0.05, 0.1) is 17.0 Å². The number of aliphatic hydroxyl groups excluding tert-OH is 1. The molecule has 1 amide bonds. The van der Waals surface area contributed by atoms with Crippen molar-refractivity contribution in [3.05, 3.63) is 50.1 Å². The van der Waals surface area contributed by atoms with Crippen molar-refractivity contribution < 1.29 is 14.6 Å². The predicted octanol–water partition coefficient (Wildman–Crippen LogP) is 2.71. The summed E-state index contributed by atoms with van der Waals surface area (Å²) in [5.41, 5.74) is 1.14. The Kier molecular flexibility index (Phi) is 3.78. The number of carbonyl (C=O) groups is 1. The Balaban J connectivity index is 2.00. The quantitative estimate of drug-likeness (QED) is 0.872. The zero-order valence-electron chi connectivity index (χ0n) is 10.4. The van der Waals surface area contributed by atoms with Crippen molar-refractivity contribution >= 4 is 33.2 Å². The van der Waals surface area contributed by atoms with Gasteiger partial charge in [-0.2, -0.15) is 0 Å². The van der Waals surface area contributed by atoms with Crippen LogP contribution in [0.1, 0.15) is 26.9 Å². The Labute approximate surface area is 128 Å². The zero-order valence-corrected chi connectivity index (χ0v) is 12.8. The van der Waals surface area contributed by atoms with Crippen molar-refractivity contribution in [1.29, 1.82) is 0 Å². The Morgan fingerprint density at radius 2 is 2.25 bits per heavy atom. The van der Waals surface area contributed by atoms with Crippen LogP contribution in [-0.2, 0) is 0 Å². The van der Waals surface area contributed by atoms with Crippen LogP contribution in [0.15, 0.2) is 34.1 Å². The Morgan fingerprint density at radius 3 is 3.00 bits per heavy atom. The highest BCUT2D eigenvalue weighted by Crippen LogP contribution is 2.34. The third-order valence-electron chi connectivity index (χ3n) is 3.10. The summed E-state index contributed by atoms with van der Waals surface area (Å²) in [5, 5.41) is 15.1. The van der Waals surface area contributed by atoms with Crippen LogP contribution in [0.5, 0.6) is 5.75 Å². The van der Waals surface area contributed by atoms with Crippen LogP contribution >= 0.6 is 27.3 Å². The highest BCUT2D eigenvalue weighted by atomic mass is 79.9. The fraction of sp³-hybridized carbons (Fsp3) is 0.214. The number of ether oxygens (including phenoxy) is 1. The fourth-order valence-corrected chi connectivity index (χ4v) is 3.69. The summed E-state index contributed by atoms with van der Waals surface area (Å²) in [5.74, 6) is 0.387. The van der Waals surface area contributed by atoms with Gasteiger partial charge in [0, 0.05) is 4.47 Å². The molecule has 1 aliphatic rings. The predicted molar refractivity (Wildman–Crippen MR) is 80.4 cm³/mol. The number of hydrogen-bond donors (Lipinski definition) is 2. The average Bonchev–Trinajstić information content (AvgIpc) is 2.79. The molecule has 1 aliphatic heterocycles. The lowest BCUT2D eigenvalue weighted by Crippen LogP contribution is -2.24. The van der Waals surface area contributed by atoms with E-state index in [2.05, 4.69) is 21.2 Å². The van der Waals surface area contributed by atoms with Crippen LogP contribution in [0.4, 0.5) is 0 Å². The molecule has 1 aromatic carbocycles. The lowest BCUT2D eigenvalue weighted by atomic mass is 10.0. The highest BCUT2D eigenvalue weighted by molar-refractivity contribution is 9.10. The van der Waals surface area contributed by atoms with Gasteiger partial charge < -0.3 is 15.2 Å². The van der Waals surface area contributed by atoms with E-state index in [4.69, 9.17) is 4.74 Å². The number of thiophene rings is 1. The molecule has 104 valence electrons. The first-order valence-electron chi connectivity index (χ1n) is 6.12. The molecule has 6 heteroatoms. The lowest BCUT2D eigenvalue weighted by Gasteiger charge is -2.13. The van der Waals surface area contributed by atoms with Crippen LogP contribution in [-0.4, -0.2) is 24.2 Å². The first-order valence-corrected chi connectivity index (χ1v) is 7.80. The molecule has 1 atom stereocenters. The SMILES string of the molecule is O=C1NCCOc2ccc(C(O)c3sccc3Br)cc21. The molecule has 0 saturated heterocycles. The number of halogens is 1. The molecule has 4 nitrogen and oxygen atoms in total. The monoisotopic (exact) mass is 353 g/mol. The fourth-order valence-electron chi connectivity index (χ4n) is 2.09. The van der Waals surface area contributed by atoms with Crippen molar-refractivity contribution in [3.8, 4) is 5.75 Å². The first kappa shape index (κ1) is 13.6. The van der Waals surface area contributed by atoms with Gasteiger partial charge in [-0.15, -0.1) is 11.3 Å². The molecule has 2 aromatic rings. The largest absolute Gasteiger partial charge is 0.491 e. The normalized spacial score (nSPS) is 15.8. The summed E-state index contributed by atoms with van der Waals surface area (Å²) in [6.45, 7) is 0.943. The molecule has 0 aliphatic carbocycles. The molecular weight excluding hydrogens is 342 g/mol. The van der Waals surface area contributed by atoms with Gasteiger partial charge in [-0.3, -0.25) is 4.79 Å². The molecule has 0 fully saturated rings. The van der Waals surface area contributed by atoms with Crippen molar-refractivity contribution in [2.24, 2.45) is 0 Å². The molecule has 20 heavy (non-hydrogen) atoms. The third-order valence-corrected chi connectivity index (χ3v) is 5.03. The number of fused-ring (bicyclic) bond motifs is 1. The van der Waals surface area contributed by atoms with Crippen LogP contribution in [0.2, 0.25) is 0 Å². The average molecular weight is 354 g/mol. The number of rotatable bonds is 2. The molecule has 2 heterocycles. The summed E-state index contributed by atoms with van der Waals surface area (Å²) < 4.78 is 6.36.